The average Bonchev–Trinajstić information content (AvgIpc) is 2.82. The van der Waals surface area contributed by atoms with Gasteiger partial charge in [-0.05, 0) is 19.9 Å². The van der Waals surface area contributed by atoms with Crippen LogP contribution in [0.4, 0.5) is 5.82 Å². The van der Waals surface area contributed by atoms with Crippen molar-refractivity contribution in [3.8, 4) is 0 Å². The fraction of sp³-hybridized carbons (Fsp3) is 0.417. The number of aromatic nitrogens is 4. The van der Waals surface area contributed by atoms with Crippen molar-refractivity contribution >= 4 is 11.7 Å². The van der Waals surface area contributed by atoms with Crippen molar-refractivity contribution in [3.05, 3.63) is 29.7 Å². The number of carbonyl (C=O) groups is 1. The van der Waals surface area contributed by atoms with Gasteiger partial charge in [-0.25, -0.2) is 0 Å². The molecule has 1 N–H and O–H groups in total. The molecule has 0 saturated heterocycles. The van der Waals surface area contributed by atoms with E-state index in [0.29, 0.717) is 18.8 Å². The highest BCUT2D eigenvalue weighted by molar-refractivity contribution is 5.89. The van der Waals surface area contributed by atoms with Gasteiger partial charge in [-0.3, -0.25) is 14.2 Å². The fourth-order valence-electron chi connectivity index (χ4n) is 1.80. The Morgan fingerprint density at radius 2 is 2.17 bits per heavy atom. The first kappa shape index (κ1) is 12.3. The van der Waals surface area contributed by atoms with Crippen LogP contribution in [0.5, 0.6) is 0 Å². The van der Waals surface area contributed by atoms with Crippen molar-refractivity contribution in [2.45, 2.75) is 26.8 Å². The second kappa shape index (κ2) is 5.03. The topological polar surface area (TPSA) is 64.7 Å². The highest BCUT2D eigenvalue weighted by atomic mass is 16.1. The van der Waals surface area contributed by atoms with E-state index in [4.69, 9.17) is 0 Å². The largest absolute Gasteiger partial charge is 0.309 e. The first-order chi connectivity index (χ1) is 8.54. The standard InChI is InChI=1S/C12H17N5O/c1-9-8-10(2)17(14-9)7-5-12(18)13-11-4-6-16(3)15-11/h4,6,8H,5,7H2,1-3H3,(H,13,15,18). The molecule has 6 heteroatoms. The predicted molar refractivity (Wildman–Crippen MR) is 68.2 cm³/mol. The second-order valence-corrected chi connectivity index (χ2v) is 4.32. The molecule has 0 bridgehead atoms. The normalized spacial score (nSPS) is 10.6. The van der Waals surface area contributed by atoms with Crippen LogP contribution in [0.3, 0.4) is 0 Å². The summed E-state index contributed by atoms with van der Waals surface area (Å²) in [5.41, 5.74) is 2.04. The molecule has 6 nitrogen and oxygen atoms in total. The minimum absolute atomic E-state index is 0.0544. The lowest BCUT2D eigenvalue weighted by Gasteiger charge is -2.04. The Labute approximate surface area is 106 Å². The van der Waals surface area contributed by atoms with E-state index in [2.05, 4.69) is 15.5 Å². The van der Waals surface area contributed by atoms with Crippen LogP contribution in [0, 0.1) is 13.8 Å². The Balaban J connectivity index is 1.87. The van der Waals surface area contributed by atoms with Gasteiger partial charge in [0, 0.05) is 38.0 Å². The zero-order chi connectivity index (χ0) is 13.1. The summed E-state index contributed by atoms with van der Waals surface area (Å²) in [5, 5.41) is 11.1. The van der Waals surface area contributed by atoms with Crippen molar-refractivity contribution < 1.29 is 4.79 Å². The third kappa shape index (κ3) is 2.97. The number of aryl methyl sites for hydroxylation is 4. The Kier molecular flexibility index (Phi) is 3.45. The number of amides is 1. The maximum absolute atomic E-state index is 11.7. The maximum atomic E-state index is 11.7. The van der Waals surface area contributed by atoms with Crippen molar-refractivity contribution in [3.63, 3.8) is 0 Å². The Morgan fingerprint density at radius 1 is 1.39 bits per heavy atom. The summed E-state index contributed by atoms with van der Waals surface area (Å²) in [4.78, 5) is 11.7. The predicted octanol–water partition coefficient (Wildman–Crippen LogP) is 1.26. The van der Waals surface area contributed by atoms with Gasteiger partial charge >= 0.3 is 0 Å². The first-order valence-electron chi connectivity index (χ1n) is 5.85. The lowest BCUT2D eigenvalue weighted by atomic mass is 10.3. The number of carbonyl (C=O) groups excluding carboxylic acids is 1. The van der Waals surface area contributed by atoms with E-state index in [9.17, 15) is 4.79 Å². The van der Waals surface area contributed by atoms with Gasteiger partial charge in [-0.15, -0.1) is 0 Å². The van der Waals surface area contributed by atoms with Gasteiger partial charge in [0.15, 0.2) is 5.82 Å². The molecule has 2 heterocycles. The molecule has 0 aliphatic rings. The van der Waals surface area contributed by atoms with Crippen LogP contribution in [0.15, 0.2) is 18.3 Å². The highest BCUT2D eigenvalue weighted by Crippen LogP contribution is 2.05. The summed E-state index contributed by atoms with van der Waals surface area (Å²) in [6.45, 7) is 4.51. The molecular formula is C12H17N5O. The number of nitrogens with one attached hydrogen (secondary N) is 1. The van der Waals surface area contributed by atoms with Gasteiger partial charge in [-0.1, -0.05) is 0 Å². The number of anilines is 1. The average molecular weight is 247 g/mol. The van der Waals surface area contributed by atoms with Gasteiger partial charge in [-0.2, -0.15) is 10.2 Å². The molecule has 0 aliphatic carbocycles. The van der Waals surface area contributed by atoms with Gasteiger partial charge in [0.1, 0.15) is 0 Å². The van der Waals surface area contributed by atoms with E-state index in [-0.39, 0.29) is 5.91 Å². The summed E-state index contributed by atoms with van der Waals surface area (Å²) in [5.74, 6) is 0.525. The summed E-state index contributed by atoms with van der Waals surface area (Å²) >= 11 is 0. The minimum atomic E-state index is -0.0544. The molecule has 0 radical (unpaired) electrons. The lowest BCUT2D eigenvalue weighted by Crippen LogP contribution is -2.16. The van der Waals surface area contributed by atoms with E-state index < -0.39 is 0 Å². The van der Waals surface area contributed by atoms with E-state index in [1.165, 1.54) is 0 Å². The van der Waals surface area contributed by atoms with Crippen molar-refractivity contribution in [1.29, 1.82) is 0 Å². The van der Waals surface area contributed by atoms with Crippen LogP contribution in [0.1, 0.15) is 17.8 Å². The fourth-order valence-corrected chi connectivity index (χ4v) is 1.80. The summed E-state index contributed by atoms with van der Waals surface area (Å²) in [6.07, 6.45) is 2.18. The van der Waals surface area contributed by atoms with E-state index in [1.807, 2.05) is 31.6 Å². The smallest absolute Gasteiger partial charge is 0.227 e. The molecule has 0 aliphatic heterocycles. The molecule has 2 aromatic heterocycles. The van der Waals surface area contributed by atoms with Gasteiger partial charge in [0.05, 0.1) is 5.69 Å². The van der Waals surface area contributed by atoms with Gasteiger partial charge in [0.25, 0.3) is 0 Å². The monoisotopic (exact) mass is 247 g/mol. The Morgan fingerprint density at radius 3 is 2.72 bits per heavy atom. The zero-order valence-electron chi connectivity index (χ0n) is 10.8. The van der Waals surface area contributed by atoms with Crippen LogP contribution in [-0.2, 0) is 18.4 Å². The summed E-state index contributed by atoms with van der Waals surface area (Å²) in [6, 6.07) is 3.76. The molecule has 0 saturated carbocycles. The third-order valence-corrected chi connectivity index (χ3v) is 2.64. The lowest BCUT2D eigenvalue weighted by molar-refractivity contribution is -0.116. The highest BCUT2D eigenvalue weighted by Gasteiger charge is 2.06. The molecule has 1 amide bonds. The number of hydrogen-bond acceptors (Lipinski definition) is 3. The molecule has 96 valence electrons. The van der Waals surface area contributed by atoms with Crippen LogP contribution in [0.2, 0.25) is 0 Å². The van der Waals surface area contributed by atoms with Gasteiger partial charge < -0.3 is 5.32 Å². The zero-order valence-corrected chi connectivity index (χ0v) is 10.8. The molecule has 0 aromatic carbocycles. The van der Waals surface area contributed by atoms with Crippen LogP contribution in [0.25, 0.3) is 0 Å². The molecule has 0 atom stereocenters. The Bertz CT molecular complexity index is 555. The third-order valence-electron chi connectivity index (χ3n) is 2.64. The number of hydrogen-bond donors (Lipinski definition) is 1. The van der Waals surface area contributed by atoms with Gasteiger partial charge in [0.2, 0.25) is 5.91 Å². The van der Waals surface area contributed by atoms with Crippen LogP contribution < -0.4 is 5.32 Å². The molecule has 2 aromatic rings. The number of nitrogens with zero attached hydrogens (tertiary/aromatic N) is 4. The van der Waals surface area contributed by atoms with E-state index in [0.717, 1.165) is 11.4 Å². The molecule has 0 spiro atoms. The quantitative estimate of drug-likeness (QED) is 0.884. The molecule has 2 rings (SSSR count). The molecule has 0 fully saturated rings. The number of rotatable bonds is 4. The van der Waals surface area contributed by atoms with Crippen molar-refractivity contribution in [2.75, 3.05) is 5.32 Å². The van der Waals surface area contributed by atoms with Crippen molar-refractivity contribution in [2.24, 2.45) is 7.05 Å². The Hall–Kier alpha value is -2.11. The van der Waals surface area contributed by atoms with E-state index in [1.54, 1.807) is 16.9 Å². The maximum Gasteiger partial charge on any atom is 0.227 e. The molecular weight excluding hydrogens is 230 g/mol. The molecule has 18 heavy (non-hydrogen) atoms. The second-order valence-electron chi connectivity index (χ2n) is 4.32. The summed E-state index contributed by atoms with van der Waals surface area (Å²) < 4.78 is 3.49. The minimum Gasteiger partial charge on any atom is -0.309 e. The summed E-state index contributed by atoms with van der Waals surface area (Å²) in [7, 11) is 1.81. The molecule has 0 unspecified atom stereocenters. The first-order valence-corrected chi connectivity index (χ1v) is 5.85. The van der Waals surface area contributed by atoms with E-state index >= 15 is 0 Å². The van der Waals surface area contributed by atoms with Crippen molar-refractivity contribution in [1.82, 2.24) is 19.6 Å². The van der Waals surface area contributed by atoms with Crippen LogP contribution >= 0.6 is 0 Å². The van der Waals surface area contributed by atoms with Crippen LogP contribution in [-0.4, -0.2) is 25.5 Å². The SMILES string of the molecule is Cc1cc(C)n(CCC(=O)Nc2ccn(C)n2)n1.